The monoisotopic (exact) mass is 382 g/mol. The van der Waals surface area contributed by atoms with E-state index in [0.717, 1.165) is 5.75 Å². The molecule has 2 heterocycles. The normalized spacial score (nSPS) is 11.7. The molecule has 0 saturated heterocycles. The number of thioether (sulfide) groups is 1. The molecule has 0 radical (unpaired) electrons. The highest BCUT2D eigenvalue weighted by molar-refractivity contribution is 7.98. The molecule has 0 N–H and O–H groups in total. The van der Waals surface area contributed by atoms with Crippen LogP contribution in [-0.2, 0) is 12.3 Å². The Morgan fingerprint density at radius 3 is 2.63 bits per heavy atom. The van der Waals surface area contributed by atoms with Gasteiger partial charge in [0.25, 0.3) is 5.56 Å². The third-order valence-electron chi connectivity index (χ3n) is 4.29. The SMILES string of the molecule is CC(C)Cn1c(=O)c2cc(F)ccc2n2c(SCc3ccccc3)nnc12. The van der Waals surface area contributed by atoms with Gasteiger partial charge >= 0.3 is 0 Å². The van der Waals surface area contributed by atoms with E-state index in [-0.39, 0.29) is 11.5 Å². The van der Waals surface area contributed by atoms with Crippen LogP contribution >= 0.6 is 11.8 Å². The van der Waals surface area contributed by atoms with Crippen LogP contribution in [0.15, 0.2) is 58.5 Å². The van der Waals surface area contributed by atoms with Crippen molar-refractivity contribution in [2.24, 2.45) is 5.92 Å². The second kappa shape index (κ2) is 7.15. The number of fused-ring (bicyclic) bond motifs is 3. The van der Waals surface area contributed by atoms with Gasteiger partial charge < -0.3 is 0 Å². The Balaban J connectivity index is 1.90. The predicted molar refractivity (Wildman–Crippen MR) is 106 cm³/mol. The molecule has 138 valence electrons. The molecular weight excluding hydrogens is 363 g/mol. The standard InChI is InChI=1S/C20H19FN4OS/c1-13(2)11-24-18(26)16-10-15(21)8-9-17(16)25-19(24)22-23-20(25)27-12-14-6-4-3-5-7-14/h3-10,13H,11-12H2,1-2H3. The first-order chi connectivity index (χ1) is 13.0. The average Bonchev–Trinajstić information content (AvgIpc) is 3.08. The summed E-state index contributed by atoms with van der Waals surface area (Å²) in [4.78, 5) is 12.9. The summed E-state index contributed by atoms with van der Waals surface area (Å²) < 4.78 is 17.3. The highest BCUT2D eigenvalue weighted by atomic mass is 32.2. The van der Waals surface area contributed by atoms with Crippen molar-refractivity contribution in [2.45, 2.75) is 31.3 Å². The van der Waals surface area contributed by atoms with E-state index < -0.39 is 5.82 Å². The molecule has 0 aliphatic rings. The topological polar surface area (TPSA) is 52.2 Å². The molecule has 27 heavy (non-hydrogen) atoms. The Kier molecular flexibility index (Phi) is 4.70. The van der Waals surface area contributed by atoms with Crippen molar-refractivity contribution < 1.29 is 4.39 Å². The molecule has 7 heteroatoms. The molecule has 0 fully saturated rings. The molecule has 0 aliphatic carbocycles. The number of hydrogen-bond acceptors (Lipinski definition) is 4. The van der Waals surface area contributed by atoms with Gasteiger partial charge in [-0.2, -0.15) is 0 Å². The van der Waals surface area contributed by atoms with E-state index in [1.54, 1.807) is 22.4 Å². The van der Waals surface area contributed by atoms with Crippen molar-refractivity contribution in [3.63, 3.8) is 0 Å². The maximum Gasteiger partial charge on any atom is 0.262 e. The minimum absolute atomic E-state index is 0.238. The summed E-state index contributed by atoms with van der Waals surface area (Å²) in [5.74, 6) is 1.03. The summed E-state index contributed by atoms with van der Waals surface area (Å²) in [6.45, 7) is 4.55. The number of aromatic nitrogens is 4. The number of benzene rings is 2. The quantitative estimate of drug-likeness (QED) is 0.487. The van der Waals surface area contributed by atoms with Gasteiger partial charge in [-0.25, -0.2) is 4.39 Å². The first kappa shape index (κ1) is 17.7. The molecule has 0 aliphatic heterocycles. The lowest BCUT2D eigenvalue weighted by Gasteiger charge is -2.13. The van der Waals surface area contributed by atoms with Gasteiger partial charge in [-0.05, 0) is 29.7 Å². The predicted octanol–water partition coefficient (Wildman–Crippen LogP) is 4.13. The van der Waals surface area contributed by atoms with Crippen molar-refractivity contribution in [1.29, 1.82) is 0 Å². The summed E-state index contributed by atoms with van der Waals surface area (Å²) in [5, 5.41) is 9.61. The van der Waals surface area contributed by atoms with Gasteiger partial charge in [-0.15, -0.1) is 10.2 Å². The van der Waals surface area contributed by atoms with Gasteiger partial charge in [-0.1, -0.05) is 55.9 Å². The van der Waals surface area contributed by atoms with Crippen LogP contribution in [0.4, 0.5) is 4.39 Å². The Morgan fingerprint density at radius 2 is 1.89 bits per heavy atom. The molecular formula is C20H19FN4OS. The highest BCUT2D eigenvalue weighted by Gasteiger charge is 2.18. The van der Waals surface area contributed by atoms with Crippen LogP contribution in [0.2, 0.25) is 0 Å². The molecule has 4 aromatic rings. The number of nitrogens with zero attached hydrogens (tertiary/aromatic N) is 4. The van der Waals surface area contributed by atoms with Crippen molar-refractivity contribution in [2.75, 3.05) is 0 Å². The molecule has 2 aromatic heterocycles. The van der Waals surface area contributed by atoms with Gasteiger partial charge in [0.1, 0.15) is 5.82 Å². The lowest BCUT2D eigenvalue weighted by molar-refractivity contribution is 0.517. The fourth-order valence-electron chi connectivity index (χ4n) is 3.10. The van der Waals surface area contributed by atoms with Crippen LogP contribution in [0.3, 0.4) is 0 Å². The van der Waals surface area contributed by atoms with E-state index in [1.807, 2.05) is 36.4 Å². The minimum atomic E-state index is -0.429. The maximum atomic E-state index is 13.8. The molecule has 2 aromatic carbocycles. The first-order valence-corrected chi connectivity index (χ1v) is 9.77. The smallest absolute Gasteiger partial charge is 0.262 e. The zero-order valence-electron chi connectivity index (χ0n) is 15.1. The van der Waals surface area contributed by atoms with E-state index in [0.29, 0.717) is 28.4 Å². The van der Waals surface area contributed by atoms with Crippen molar-refractivity contribution in [3.8, 4) is 0 Å². The van der Waals surface area contributed by atoms with Crippen molar-refractivity contribution in [3.05, 3.63) is 70.3 Å². The Labute approximate surface area is 159 Å². The summed E-state index contributed by atoms with van der Waals surface area (Å²) in [6.07, 6.45) is 0. The number of halogens is 1. The third-order valence-corrected chi connectivity index (χ3v) is 5.29. The third kappa shape index (κ3) is 3.35. The average molecular weight is 382 g/mol. The lowest BCUT2D eigenvalue weighted by atomic mass is 10.2. The van der Waals surface area contributed by atoms with Gasteiger partial charge in [0.2, 0.25) is 5.78 Å². The highest BCUT2D eigenvalue weighted by Crippen LogP contribution is 2.25. The lowest BCUT2D eigenvalue weighted by Crippen LogP contribution is -2.25. The largest absolute Gasteiger partial charge is 0.276 e. The fraction of sp³-hybridized carbons (Fsp3) is 0.250. The van der Waals surface area contributed by atoms with Gasteiger partial charge in [0.05, 0.1) is 10.9 Å². The molecule has 0 amide bonds. The van der Waals surface area contributed by atoms with E-state index in [1.165, 1.54) is 17.7 Å². The number of hydrogen-bond donors (Lipinski definition) is 0. The van der Waals surface area contributed by atoms with E-state index in [4.69, 9.17) is 0 Å². The molecule has 0 saturated carbocycles. The van der Waals surface area contributed by atoms with E-state index in [9.17, 15) is 9.18 Å². The summed E-state index contributed by atoms with van der Waals surface area (Å²) in [6, 6.07) is 14.4. The minimum Gasteiger partial charge on any atom is -0.276 e. The fourth-order valence-corrected chi connectivity index (χ4v) is 4.00. The zero-order valence-corrected chi connectivity index (χ0v) is 15.9. The summed E-state index contributed by atoms with van der Waals surface area (Å²) in [7, 11) is 0. The molecule has 0 unspecified atom stereocenters. The summed E-state index contributed by atoms with van der Waals surface area (Å²) in [5.41, 5.74) is 1.56. The van der Waals surface area contributed by atoms with Crippen LogP contribution in [0, 0.1) is 11.7 Å². The van der Waals surface area contributed by atoms with Crippen LogP contribution < -0.4 is 5.56 Å². The second-order valence-corrected chi connectivity index (χ2v) is 7.81. The van der Waals surface area contributed by atoms with Gasteiger partial charge in [-0.3, -0.25) is 13.8 Å². The number of rotatable bonds is 5. The Morgan fingerprint density at radius 1 is 1.11 bits per heavy atom. The molecule has 5 nitrogen and oxygen atoms in total. The van der Waals surface area contributed by atoms with E-state index >= 15 is 0 Å². The summed E-state index contributed by atoms with van der Waals surface area (Å²) >= 11 is 1.54. The van der Waals surface area contributed by atoms with Crippen molar-refractivity contribution >= 4 is 28.4 Å². The van der Waals surface area contributed by atoms with E-state index in [2.05, 4.69) is 22.3 Å². The van der Waals surface area contributed by atoms with Gasteiger partial charge in [0.15, 0.2) is 5.16 Å². The van der Waals surface area contributed by atoms with Gasteiger partial charge in [0, 0.05) is 12.3 Å². The Bertz CT molecular complexity index is 1170. The van der Waals surface area contributed by atoms with Crippen LogP contribution in [-0.4, -0.2) is 19.2 Å². The first-order valence-electron chi connectivity index (χ1n) is 8.78. The molecule has 0 atom stereocenters. The molecule has 4 rings (SSSR count). The Hall–Kier alpha value is -2.67. The molecule has 0 spiro atoms. The van der Waals surface area contributed by atoms with Crippen LogP contribution in [0.1, 0.15) is 19.4 Å². The second-order valence-electron chi connectivity index (χ2n) is 6.86. The van der Waals surface area contributed by atoms with Crippen molar-refractivity contribution in [1.82, 2.24) is 19.2 Å². The van der Waals surface area contributed by atoms with Crippen LogP contribution in [0.25, 0.3) is 16.7 Å². The maximum absolute atomic E-state index is 13.8. The molecule has 0 bridgehead atoms. The zero-order chi connectivity index (χ0) is 19.0. The van der Waals surface area contributed by atoms with Crippen LogP contribution in [0.5, 0.6) is 0 Å².